The summed E-state index contributed by atoms with van der Waals surface area (Å²) in [5.41, 5.74) is 6.22. The van der Waals surface area contributed by atoms with Crippen molar-refractivity contribution in [3.05, 3.63) is 39.7 Å². The minimum Gasteiger partial charge on any atom is -0.325 e. The summed E-state index contributed by atoms with van der Waals surface area (Å²) in [5, 5.41) is 10.9. The first kappa shape index (κ1) is 13.0. The van der Waals surface area contributed by atoms with E-state index in [1.165, 1.54) is 12.1 Å². The summed E-state index contributed by atoms with van der Waals surface area (Å²) in [6, 6.07) is 3.57. The standard InChI is InChI=1S/C13H17FN2O2/c14-11-4-5-12(16(17)18)10(8-11)9-13(15)6-2-1-3-7-13/h4-5,8H,1-3,6-7,9,15H2. The fourth-order valence-corrected chi connectivity index (χ4v) is 2.69. The van der Waals surface area contributed by atoms with Crippen molar-refractivity contribution in [1.82, 2.24) is 0 Å². The highest BCUT2D eigenvalue weighted by Gasteiger charge is 2.30. The molecule has 0 amide bonds. The van der Waals surface area contributed by atoms with Crippen molar-refractivity contribution >= 4 is 5.69 Å². The van der Waals surface area contributed by atoms with E-state index < -0.39 is 16.3 Å². The number of hydrogen-bond acceptors (Lipinski definition) is 3. The van der Waals surface area contributed by atoms with Gasteiger partial charge >= 0.3 is 0 Å². The number of nitrogens with two attached hydrogens (primary N) is 1. The van der Waals surface area contributed by atoms with Crippen LogP contribution in [-0.4, -0.2) is 10.5 Å². The van der Waals surface area contributed by atoms with E-state index >= 15 is 0 Å². The second kappa shape index (κ2) is 5.02. The molecule has 0 atom stereocenters. The molecule has 0 unspecified atom stereocenters. The van der Waals surface area contributed by atoms with Gasteiger partial charge in [0.15, 0.2) is 0 Å². The molecule has 1 aliphatic carbocycles. The van der Waals surface area contributed by atoms with E-state index in [9.17, 15) is 14.5 Å². The van der Waals surface area contributed by atoms with Gasteiger partial charge in [0.25, 0.3) is 5.69 Å². The molecule has 0 aliphatic heterocycles. The van der Waals surface area contributed by atoms with E-state index in [1.807, 2.05) is 0 Å². The lowest BCUT2D eigenvalue weighted by Gasteiger charge is -2.33. The van der Waals surface area contributed by atoms with Gasteiger partial charge in [-0.2, -0.15) is 0 Å². The number of benzene rings is 1. The Labute approximate surface area is 105 Å². The molecule has 2 N–H and O–H groups in total. The van der Waals surface area contributed by atoms with Crippen LogP contribution >= 0.6 is 0 Å². The Morgan fingerprint density at radius 2 is 2.00 bits per heavy atom. The largest absolute Gasteiger partial charge is 0.325 e. The molecule has 5 heteroatoms. The van der Waals surface area contributed by atoms with Crippen LogP contribution in [0, 0.1) is 15.9 Å². The molecule has 1 aromatic rings. The molecule has 4 nitrogen and oxygen atoms in total. The molecule has 0 aromatic heterocycles. The van der Waals surface area contributed by atoms with Crippen LogP contribution in [0.25, 0.3) is 0 Å². The Bertz CT molecular complexity index is 456. The SMILES string of the molecule is NC1(Cc2cc(F)ccc2[N+](=O)[O-])CCCCC1. The maximum Gasteiger partial charge on any atom is 0.272 e. The monoisotopic (exact) mass is 252 g/mol. The third-order valence-electron chi connectivity index (χ3n) is 3.63. The number of hydrogen-bond donors (Lipinski definition) is 1. The zero-order chi connectivity index (χ0) is 13.2. The average Bonchev–Trinajstić information content (AvgIpc) is 2.28. The summed E-state index contributed by atoms with van der Waals surface area (Å²) in [6.07, 6.45) is 5.31. The highest BCUT2D eigenvalue weighted by Crippen LogP contribution is 2.32. The molecule has 0 spiro atoms. The predicted molar refractivity (Wildman–Crippen MR) is 66.8 cm³/mol. The molecule has 0 heterocycles. The number of nitro groups is 1. The Morgan fingerprint density at radius 3 is 2.61 bits per heavy atom. The maximum atomic E-state index is 13.2. The normalized spacial score (nSPS) is 18.6. The summed E-state index contributed by atoms with van der Waals surface area (Å²) in [7, 11) is 0. The molecule has 1 saturated carbocycles. The summed E-state index contributed by atoms with van der Waals surface area (Å²) >= 11 is 0. The first-order chi connectivity index (χ1) is 8.50. The smallest absolute Gasteiger partial charge is 0.272 e. The quantitative estimate of drug-likeness (QED) is 0.664. The third-order valence-corrected chi connectivity index (χ3v) is 3.63. The Morgan fingerprint density at radius 1 is 1.33 bits per heavy atom. The second-order valence-electron chi connectivity index (χ2n) is 5.13. The van der Waals surface area contributed by atoms with Crippen molar-refractivity contribution in [3.63, 3.8) is 0 Å². The van der Waals surface area contributed by atoms with Crippen molar-refractivity contribution in [1.29, 1.82) is 0 Å². The van der Waals surface area contributed by atoms with Crippen molar-refractivity contribution in [2.24, 2.45) is 5.73 Å². The van der Waals surface area contributed by atoms with Crippen LogP contribution < -0.4 is 5.73 Å². The van der Waals surface area contributed by atoms with Crippen molar-refractivity contribution in [2.75, 3.05) is 0 Å². The molecule has 98 valence electrons. The van der Waals surface area contributed by atoms with Crippen molar-refractivity contribution < 1.29 is 9.31 Å². The molecule has 1 aromatic carbocycles. The molecule has 0 saturated heterocycles. The molecule has 0 bridgehead atoms. The van der Waals surface area contributed by atoms with E-state index in [1.54, 1.807) is 0 Å². The highest BCUT2D eigenvalue weighted by molar-refractivity contribution is 5.41. The van der Waals surface area contributed by atoms with Gasteiger partial charge in [-0.15, -0.1) is 0 Å². The van der Waals surface area contributed by atoms with Gasteiger partial charge in [-0.25, -0.2) is 4.39 Å². The number of nitro benzene ring substituents is 1. The van der Waals surface area contributed by atoms with E-state index in [2.05, 4.69) is 0 Å². The molecule has 1 aliphatic rings. The Kier molecular flexibility index (Phi) is 3.61. The average molecular weight is 252 g/mol. The van der Waals surface area contributed by atoms with Crippen LogP contribution in [0.15, 0.2) is 18.2 Å². The first-order valence-electron chi connectivity index (χ1n) is 6.22. The van der Waals surface area contributed by atoms with Crippen LogP contribution in [0.2, 0.25) is 0 Å². The minimum absolute atomic E-state index is 0.0354. The lowest BCUT2D eigenvalue weighted by atomic mass is 9.78. The van der Waals surface area contributed by atoms with Gasteiger partial charge in [0.1, 0.15) is 5.82 Å². The van der Waals surface area contributed by atoms with Crippen LogP contribution in [0.1, 0.15) is 37.7 Å². The zero-order valence-electron chi connectivity index (χ0n) is 10.2. The van der Waals surface area contributed by atoms with Crippen LogP contribution in [-0.2, 0) is 6.42 Å². The Hall–Kier alpha value is -1.49. The summed E-state index contributed by atoms with van der Waals surface area (Å²) < 4.78 is 13.2. The lowest BCUT2D eigenvalue weighted by molar-refractivity contribution is -0.385. The van der Waals surface area contributed by atoms with Gasteiger partial charge in [0.05, 0.1) is 4.92 Å². The van der Waals surface area contributed by atoms with Gasteiger partial charge < -0.3 is 5.73 Å². The van der Waals surface area contributed by atoms with Crippen LogP contribution in [0.5, 0.6) is 0 Å². The first-order valence-corrected chi connectivity index (χ1v) is 6.22. The summed E-state index contributed by atoms with van der Waals surface area (Å²) in [5.74, 6) is -0.449. The number of nitrogens with zero attached hydrogens (tertiary/aromatic N) is 1. The maximum absolute atomic E-state index is 13.2. The summed E-state index contributed by atoms with van der Waals surface area (Å²) in [4.78, 5) is 10.5. The molecular formula is C13H17FN2O2. The lowest BCUT2D eigenvalue weighted by Crippen LogP contribution is -2.43. The molecular weight excluding hydrogens is 235 g/mol. The van der Waals surface area contributed by atoms with Gasteiger partial charge in [-0.1, -0.05) is 19.3 Å². The third kappa shape index (κ3) is 2.85. The van der Waals surface area contributed by atoms with E-state index in [0.717, 1.165) is 38.2 Å². The number of halogens is 1. The Balaban J connectivity index is 2.26. The minimum atomic E-state index is -0.471. The van der Waals surface area contributed by atoms with Crippen molar-refractivity contribution in [3.8, 4) is 0 Å². The highest BCUT2D eigenvalue weighted by atomic mass is 19.1. The fourth-order valence-electron chi connectivity index (χ4n) is 2.69. The van der Waals surface area contributed by atoms with Crippen molar-refractivity contribution in [2.45, 2.75) is 44.1 Å². The topological polar surface area (TPSA) is 69.2 Å². The summed E-state index contributed by atoms with van der Waals surface area (Å²) in [6.45, 7) is 0. The molecule has 1 fully saturated rings. The zero-order valence-corrected chi connectivity index (χ0v) is 10.2. The number of rotatable bonds is 3. The molecule has 18 heavy (non-hydrogen) atoms. The van der Waals surface area contributed by atoms with E-state index in [-0.39, 0.29) is 5.69 Å². The van der Waals surface area contributed by atoms with Crippen LogP contribution in [0.3, 0.4) is 0 Å². The van der Waals surface area contributed by atoms with E-state index in [0.29, 0.717) is 12.0 Å². The molecule has 2 rings (SSSR count). The van der Waals surface area contributed by atoms with Gasteiger partial charge in [0, 0.05) is 17.2 Å². The van der Waals surface area contributed by atoms with Gasteiger partial charge in [-0.05, 0) is 31.4 Å². The predicted octanol–water partition coefficient (Wildman–Crippen LogP) is 2.94. The van der Waals surface area contributed by atoms with Gasteiger partial charge in [-0.3, -0.25) is 10.1 Å². The molecule has 0 radical (unpaired) electrons. The van der Waals surface area contributed by atoms with Gasteiger partial charge in [0.2, 0.25) is 0 Å². The second-order valence-corrected chi connectivity index (χ2v) is 5.13. The van der Waals surface area contributed by atoms with E-state index in [4.69, 9.17) is 5.73 Å². The van der Waals surface area contributed by atoms with Crippen LogP contribution in [0.4, 0.5) is 10.1 Å². The fraction of sp³-hybridized carbons (Fsp3) is 0.538.